The molecule has 0 aromatic heterocycles. The van der Waals surface area contributed by atoms with Crippen LogP contribution in [0, 0.1) is 0 Å². The summed E-state index contributed by atoms with van der Waals surface area (Å²) in [6.07, 6.45) is 46.1. The fourth-order valence-corrected chi connectivity index (χ4v) is 5.36. The molecule has 2 unspecified atom stereocenters. The summed E-state index contributed by atoms with van der Waals surface area (Å²) in [6, 6.07) is 0. The average Bonchev–Trinajstić information content (AvgIpc) is 3.05. The minimum Gasteiger partial charge on any atom is -0.466 e. The van der Waals surface area contributed by atoms with Crippen LogP contribution in [-0.2, 0) is 9.53 Å². The van der Waals surface area contributed by atoms with Gasteiger partial charge in [0.25, 0.3) is 0 Å². The number of esters is 1. The van der Waals surface area contributed by atoms with Gasteiger partial charge in [0, 0.05) is 19.5 Å². The predicted molar refractivity (Wildman–Crippen MR) is 204 cm³/mol. The van der Waals surface area contributed by atoms with Gasteiger partial charge in [-0.3, -0.25) is 9.69 Å². The smallest absolute Gasteiger partial charge is 0.305 e. The number of hydrogen-bond donors (Lipinski definition) is 2. The molecule has 0 fully saturated rings. The molecule has 0 saturated carbocycles. The largest absolute Gasteiger partial charge is 0.466 e. The van der Waals surface area contributed by atoms with E-state index in [2.05, 4.69) is 91.7 Å². The van der Waals surface area contributed by atoms with Crippen molar-refractivity contribution in [1.29, 1.82) is 0 Å². The zero-order chi connectivity index (χ0) is 34.5. The lowest BCUT2D eigenvalue weighted by Gasteiger charge is -2.27. The summed E-state index contributed by atoms with van der Waals surface area (Å²) in [5.41, 5.74) is 0. The van der Waals surface area contributed by atoms with E-state index in [9.17, 15) is 15.0 Å². The first kappa shape index (κ1) is 44.8. The van der Waals surface area contributed by atoms with Crippen molar-refractivity contribution < 1.29 is 19.7 Å². The molecule has 0 spiro atoms. The lowest BCUT2D eigenvalue weighted by Crippen LogP contribution is -2.39. The second-order valence-corrected chi connectivity index (χ2v) is 12.5. The van der Waals surface area contributed by atoms with E-state index < -0.39 is 12.2 Å². The van der Waals surface area contributed by atoms with Gasteiger partial charge in [-0.05, 0) is 96.9 Å². The topological polar surface area (TPSA) is 70.0 Å². The summed E-state index contributed by atoms with van der Waals surface area (Å²) in [7, 11) is 0. The quantitative estimate of drug-likeness (QED) is 0.0418. The first-order valence-electron chi connectivity index (χ1n) is 19.2. The van der Waals surface area contributed by atoms with Crippen molar-refractivity contribution in [2.24, 2.45) is 0 Å². The van der Waals surface area contributed by atoms with Gasteiger partial charge in [-0.25, -0.2) is 0 Å². The van der Waals surface area contributed by atoms with E-state index in [0.717, 1.165) is 89.9 Å². The summed E-state index contributed by atoms with van der Waals surface area (Å²) in [6.45, 7) is 8.30. The van der Waals surface area contributed by atoms with Gasteiger partial charge >= 0.3 is 5.97 Å². The standard InChI is InChI=1S/C42H73NO4/c1-4-7-9-11-13-15-17-19-21-23-25-27-29-31-34-40(44)38-43(37-33-36-42(46)47-6-3)39-41(45)35-32-30-28-26-24-22-20-18-16-14-12-10-8-5-2/h7-10,13-16,19-22,40-41,44-45H,4-6,11-12,17-18,23-39H2,1-3H3/b9-7-,10-8-,15-13-,16-14-,21-19-,22-20-. The molecule has 0 aliphatic heterocycles. The summed E-state index contributed by atoms with van der Waals surface area (Å²) >= 11 is 0. The second-order valence-electron chi connectivity index (χ2n) is 12.5. The van der Waals surface area contributed by atoms with E-state index in [0.29, 0.717) is 39.1 Å². The zero-order valence-corrected chi connectivity index (χ0v) is 30.7. The summed E-state index contributed by atoms with van der Waals surface area (Å²) in [4.78, 5) is 14.0. The first-order valence-corrected chi connectivity index (χ1v) is 19.2. The molecular formula is C42H73NO4. The molecule has 0 amide bonds. The number of carbonyl (C=O) groups is 1. The minimum absolute atomic E-state index is 0.175. The Morgan fingerprint density at radius 3 is 1.38 bits per heavy atom. The number of allylic oxidation sites excluding steroid dienone is 12. The fraction of sp³-hybridized carbons (Fsp3) is 0.690. The molecule has 0 radical (unpaired) electrons. The molecule has 47 heavy (non-hydrogen) atoms. The number of ether oxygens (including phenoxy) is 1. The highest BCUT2D eigenvalue weighted by molar-refractivity contribution is 5.69. The second kappa shape index (κ2) is 36.6. The van der Waals surface area contributed by atoms with Crippen LogP contribution in [0.2, 0.25) is 0 Å². The van der Waals surface area contributed by atoms with Crippen LogP contribution in [0.4, 0.5) is 0 Å². The van der Waals surface area contributed by atoms with E-state index in [1.165, 1.54) is 25.7 Å². The Labute approximate surface area is 290 Å². The number of aliphatic hydroxyl groups is 2. The molecular weight excluding hydrogens is 582 g/mol. The van der Waals surface area contributed by atoms with Gasteiger partial charge in [0.2, 0.25) is 0 Å². The summed E-state index contributed by atoms with van der Waals surface area (Å²) in [5, 5.41) is 21.6. The van der Waals surface area contributed by atoms with E-state index in [1.54, 1.807) is 0 Å². The number of hydrogen-bond acceptors (Lipinski definition) is 5. The first-order chi connectivity index (χ1) is 23.0. The van der Waals surface area contributed by atoms with Gasteiger partial charge in [-0.1, -0.05) is 125 Å². The van der Waals surface area contributed by atoms with Crippen molar-refractivity contribution in [2.45, 2.75) is 161 Å². The Morgan fingerprint density at radius 1 is 0.553 bits per heavy atom. The molecule has 2 atom stereocenters. The fourth-order valence-electron chi connectivity index (χ4n) is 5.36. The molecule has 0 aromatic carbocycles. The van der Waals surface area contributed by atoms with Crippen LogP contribution in [0.25, 0.3) is 0 Å². The van der Waals surface area contributed by atoms with E-state index >= 15 is 0 Å². The van der Waals surface area contributed by atoms with Gasteiger partial charge in [0.15, 0.2) is 0 Å². The van der Waals surface area contributed by atoms with Crippen LogP contribution in [-0.4, -0.2) is 59.5 Å². The van der Waals surface area contributed by atoms with E-state index in [4.69, 9.17) is 4.74 Å². The van der Waals surface area contributed by atoms with Crippen molar-refractivity contribution in [3.8, 4) is 0 Å². The number of carbonyl (C=O) groups excluding carboxylic acids is 1. The zero-order valence-electron chi connectivity index (χ0n) is 30.7. The third kappa shape index (κ3) is 34.9. The molecule has 0 aromatic rings. The van der Waals surface area contributed by atoms with Gasteiger partial charge in [-0.2, -0.15) is 0 Å². The van der Waals surface area contributed by atoms with Crippen LogP contribution in [0.15, 0.2) is 72.9 Å². The van der Waals surface area contributed by atoms with Gasteiger partial charge in [0.05, 0.1) is 18.8 Å². The Kier molecular flexibility index (Phi) is 34.9. The van der Waals surface area contributed by atoms with E-state index in [-0.39, 0.29) is 5.97 Å². The maximum atomic E-state index is 11.8. The number of aliphatic hydroxyl groups excluding tert-OH is 2. The highest BCUT2D eigenvalue weighted by Gasteiger charge is 2.16. The Bertz CT molecular complexity index is 799. The molecule has 0 heterocycles. The van der Waals surface area contributed by atoms with Crippen LogP contribution in [0.3, 0.4) is 0 Å². The molecule has 0 rings (SSSR count). The van der Waals surface area contributed by atoms with Gasteiger partial charge in [0.1, 0.15) is 0 Å². The van der Waals surface area contributed by atoms with E-state index in [1.807, 2.05) is 6.92 Å². The molecule has 2 N–H and O–H groups in total. The molecule has 0 saturated heterocycles. The Morgan fingerprint density at radius 2 is 0.957 bits per heavy atom. The maximum Gasteiger partial charge on any atom is 0.305 e. The van der Waals surface area contributed by atoms with Crippen LogP contribution < -0.4 is 0 Å². The monoisotopic (exact) mass is 656 g/mol. The van der Waals surface area contributed by atoms with Crippen LogP contribution in [0.1, 0.15) is 149 Å². The molecule has 0 aliphatic rings. The predicted octanol–water partition coefficient (Wildman–Crippen LogP) is 10.8. The number of rotatable bonds is 33. The molecule has 0 bridgehead atoms. The van der Waals surface area contributed by atoms with Gasteiger partial charge < -0.3 is 14.9 Å². The normalized spacial score (nSPS) is 14.0. The third-order valence-electron chi connectivity index (χ3n) is 7.97. The van der Waals surface area contributed by atoms with Crippen molar-refractivity contribution in [3.63, 3.8) is 0 Å². The summed E-state index contributed by atoms with van der Waals surface area (Å²) < 4.78 is 5.08. The molecule has 0 aliphatic carbocycles. The minimum atomic E-state index is -0.412. The third-order valence-corrected chi connectivity index (χ3v) is 7.97. The number of unbranched alkanes of at least 4 members (excludes halogenated alkanes) is 8. The number of nitrogens with zero attached hydrogens (tertiary/aromatic N) is 1. The van der Waals surface area contributed by atoms with Crippen molar-refractivity contribution in [2.75, 3.05) is 26.2 Å². The Hall–Kier alpha value is -2.21. The molecule has 5 nitrogen and oxygen atoms in total. The van der Waals surface area contributed by atoms with Crippen molar-refractivity contribution in [1.82, 2.24) is 4.90 Å². The van der Waals surface area contributed by atoms with Crippen molar-refractivity contribution >= 4 is 5.97 Å². The summed E-state index contributed by atoms with van der Waals surface area (Å²) in [5.74, 6) is -0.175. The lowest BCUT2D eigenvalue weighted by atomic mass is 10.1. The average molecular weight is 656 g/mol. The van der Waals surface area contributed by atoms with Gasteiger partial charge in [-0.15, -0.1) is 0 Å². The Balaban J connectivity index is 4.23. The van der Waals surface area contributed by atoms with Crippen LogP contribution >= 0.6 is 0 Å². The van der Waals surface area contributed by atoms with Crippen LogP contribution in [0.5, 0.6) is 0 Å². The van der Waals surface area contributed by atoms with Crippen molar-refractivity contribution in [3.05, 3.63) is 72.9 Å². The molecule has 5 heteroatoms. The highest BCUT2D eigenvalue weighted by atomic mass is 16.5. The maximum absolute atomic E-state index is 11.8. The SMILES string of the molecule is CC/C=C\C/C=C\C/C=C\CCCCCCC(O)CN(CCCC(=O)OCC)CC(O)CCCCCC/C=C\C/C=C\C/C=C\CC. The molecule has 270 valence electrons. The lowest BCUT2D eigenvalue weighted by molar-refractivity contribution is -0.143. The highest BCUT2D eigenvalue weighted by Crippen LogP contribution is 2.13.